The molecule has 1 aliphatic carbocycles. The van der Waals surface area contributed by atoms with E-state index in [1.165, 1.54) is 7.11 Å². The standard InChI is InChI=1S/C20H34N2O5/c1-18(2,3)14(21-17(25)27-19(4,5)6)15(23)22-10-11-12(20(11,7)8)13(22)16(24)26-9/h11-14H,10H2,1-9H3,(H,21,25). The van der Waals surface area contributed by atoms with E-state index in [0.29, 0.717) is 6.54 Å². The van der Waals surface area contributed by atoms with Gasteiger partial charge in [-0.05, 0) is 37.5 Å². The highest BCUT2D eigenvalue weighted by Gasteiger charge is 2.70. The molecule has 2 aliphatic rings. The van der Waals surface area contributed by atoms with E-state index in [1.54, 1.807) is 25.7 Å². The summed E-state index contributed by atoms with van der Waals surface area (Å²) in [4.78, 5) is 39.6. The van der Waals surface area contributed by atoms with Crippen LogP contribution in [0.1, 0.15) is 55.4 Å². The Kier molecular flexibility index (Phi) is 5.32. The Morgan fingerprint density at radius 3 is 2.11 bits per heavy atom. The SMILES string of the molecule is COC(=O)C1C2C(CN1C(=O)C(NC(=O)OC(C)(C)C)C(C)(C)C)C2(C)C. The number of nitrogens with one attached hydrogen (secondary N) is 1. The second-order valence-electron chi connectivity index (χ2n) is 10.4. The van der Waals surface area contributed by atoms with Gasteiger partial charge in [-0.2, -0.15) is 0 Å². The lowest BCUT2D eigenvalue weighted by Gasteiger charge is -2.37. The molecule has 2 rings (SSSR count). The van der Waals surface area contributed by atoms with E-state index in [1.807, 2.05) is 20.8 Å². The van der Waals surface area contributed by atoms with Gasteiger partial charge >= 0.3 is 12.1 Å². The highest BCUT2D eigenvalue weighted by atomic mass is 16.6. The van der Waals surface area contributed by atoms with Crippen molar-refractivity contribution in [2.75, 3.05) is 13.7 Å². The molecule has 1 heterocycles. The fourth-order valence-corrected chi connectivity index (χ4v) is 4.14. The van der Waals surface area contributed by atoms with Crippen molar-refractivity contribution in [1.82, 2.24) is 10.2 Å². The summed E-state index contributed by atoms with van der Waals surface area (Å²) in [7, 11) is 1.34. The van der Waals surface area contributed by atoms with E-state index >= 15 is 0 Å². The van der Waals surface area contributed by atoms with Crippen LogP contribution in [0.5, 0.6) is 0 Å². The summed E-state index contributed by atoms with van der Waals surface area (Å²) in [6.07, 6.45) is -0.643. The van der Waals surface area contributed by atoms with E-state index < -0.39 is 35.2 Å². The number of nitrogens with zero attached hydrogens (tertiary/aromatic N) is 1. The van der Waals surface area contributed by atoms with Crippen LogP contribution in [0.25, 0.3) is 0 Å². The number of ether oxygens (including phenoxy) is 2. The van der Waals surface area contributed by atoms with Crippen LogP contribution >= 0.6 is 0 Å². The first kappa shape index (κ1) is 21.5. The highest BCUT2D eigenvalue weighted by molar-refractivity contribution is 5.91. The van der Waals surface area contributed by atoms with Crippen LogP contribution < -0.4 is 5.32 Å². The summed E-state index contributed by atoms with van der Waals surface area (Å²) >= 11 is 0. The van der Waals surface area contributed by atoms with Crippen molar-refractivity contribution in [3.8, 4) is 0 Å². The fourth-order valence-electron chi connectivity index (χ4n) is 4.14. The summed E-state index contributed by atoms with van der Waals surface area (Å²) in [5.74, 6) is -0.304. The summed E-state index contributed by atoms with van der Waals surface area (Å²) < 4.78 is 10.3. The molecule has 0 bridgehead atoms. The van der Waals surface area contributed by atoms with Crippen molar-refractivity contribution < 1.29 is 23.9 Å². The first-order chi connectivity index (χ1) is 12.1. The third-order valence-electron chi connectivity index (χ3n) is 5.71. The molecule has 7 nitrogen and oxygen atoms in total. The van der Waals surface area contributed by atoms with Crippen LogP contribution in [-0.4, -0.2) is 54.2 Å². The van der Waals surface area contributed by atoms with Crippen molar-refractivity contribution in [2.45, 2.75) is 73.1 Å². The van der Waals surface area contributed by atoms with Crippen LogP contribution in [-0.2, 0) is 19.1 Å². The number of rotatable bonds is 3. The number of alkyl carbamates (subject to hydrolysis) is 1. The molecule has 1 saturated carbocycles. The zero-order chi connectivity index (χ0) is 20.9. The van der Waals surface area contributed by atoms with E-state index in [9.17, 15) is 14.4 Å². The zero-order valence-corrected chi connectivity index (χ0v) is 18.0. The van der Waals surface area contributed by atoms with Crippen molar-refractivity contribution in [3.05, 3.63) is 0 Å². The fraction of sp³-hybridized carbons (Fsp3) is 0.850. The van der Waals surface area contributed by atoms with Crippen molar-refractivity contribution in [1.29, 1.82) is 0 Å². The zero-order valence-electron chi connectivity index (χ0n) is 18.0. The largest absolute Gasteiger partial charge is 0.467 e. The normalized spacial score (nSPS) is 27.4. The van der Waals surface area contributed by atoms with Gasteiger partial charge in [0, 0.05) is 12.5 Å². The summed E-state index contributed by atoms with van der Waals surface area (Å²) in [5.41, 5.74) is -1.19. The van der Waals surface area contributed by atoms with Crippen LogP contribution in [0.15, 0.2) is 0 Å². The molecule has 7 heteroatoms. The highest BCUT2D eigenvalue weighted by Crippen LogP contribution is 2.65. The third kappa shape index (κ3) is 4.22. The topological polar surface area (TPSA) is 84.9 Å². The monoisotopic (exact) mass is 382 g/mol. The first-order valence-electron chi connectivity index (χ1n) is 9.49. The van der Waals surface area contributed by atoms with E-state index in [4.69, 9.17) is 9.47 Å². The molecule has 1 saturated heterocycles. The first-order valence-corrected chi connectivity index (χ1v) is 9.49. The minimum atomic E-state index is -0.805. The predicted octanol–water partition coefficient (Wildman–Crippen LogP) is 2.58. The summed E-state index contributed by atoms with van der Waals surface area (Å²) in [5, 5.41) is 2.71. The van der Waals surface area contributed by atoms with Gasteiger partial charge in [0.2, 0.25) is 5.91 Å². The average Bonchev–Trinajstić information content (AvgIpc) is 2.85. The lowest BCUT2D eigenvalue weighted by Crippen LogP contribution is -2.58. The minimum absolute atomic E-state index is 0.0193. The molecule has 27 heavy (non-hydrogen) atoms. The number of hydrogen-bond acceptors (Lipinski definition) is 5. The predicted molar refractivity (Wildman–Crippen MR) is 101 cm³/mol. The number of esters is 1. The van der Waals surface area contributed by atoms with Crippen molar-refractivity contribution >= 4 is 18.0 Å². The van der Waals surface area contributed by atoms with Crippen molar-refractivity contribution in [2.24, 2.45) is 22.7 Å². The number of carbonyl (C=O) groups excluding carboxylic acids is 3. The maximum Gasteiger partial charge on any atom is 0.408 e. The lowest BCUT2D eigenvalue weighted by atomic mass is 9.85. The van der Waals surface area contributed by atoms with Gasteiger partial charge in [0.25, 0.3) is 0 Å². The van der Waals surface area contributed by atoms with Crippen LogP contribution in [0, 0.1) is 22.7 Å². The molecular formula is C20H34N2O5. The summed E-state index contributed by atoms with van der Waals surface area (Å²) in [6.45, 7) is 15.7. The Morgan fingerprint density at radius 2 is 1.67 bits per heavy atom. The smallest absolute Gasteiger partial charge is 0.408 e. The number of methoxy groups -OCH3 is 1. The van der Waals surface area contributed by atoms with E-state index in [2.05, 4.69) is 19.2 Å². The molecule has 1 aliphatic heterocycles. The van der Waals surface area contributed by atoms with E-state index in [-0.39, 0.29) is 23.2 Å². The number of likely N-dealkylation sites (tertiary alicyclic amines) is 1. The van der Waals surface area contributed by atoms with Crippen LogP contribution in [0.3, 0.4) is 0 Å². The van der Waals surface area contributed by atoms with Gasteiger partial charge in [-0.25, -0.2) is 9.59 Å². The molecule has 0 radical (unpaired) electrons. The van der Waals surface area contributed by atoms with Gasteiger partial charge in [-0.3, -0.25) is 4.79 Å². The minimum Gasteiger partial charge on any atom is -0.467 e. The number of hydrogen-bond donors (Lipinski definition) is 1. The molecular weight excluding hydrogens is 348 g/mol. The molecule has 2 amide bonds. The number of fused-ring (bicyclic) bond motifs is 1. The third-order valence-corrected chi connectivity index (χ3v) is 5.71. The molecule has 4 atom stereocenters. The van der Waals surface area contributed by atoms with Gasteiger partial charge in [-0.15, -0.1) is 0 Å². The molecule has 0 aromatic heterocycles. The average molecular weight is 383 g/mol. The second kappa shape index (κ2) is 6.67. The molecule has 2 fully saturated rings. The number of amides is 2. The Labute approximate surface area is 162 Å². The van der Waals surface area contributed by atoms with Crippen LogP contribution in [0.4, 0.5) is 4.79 Å². The van der Waals surface area contributed by atoms with Gasteiger partial charge in [0.05, 0.1) is 7.11 Å². The molecule has 1 N–H and O–H groups in total. The Hall–Kier alpha value is -1.79. The molecule has 0 aromatic rings. The van der Waals surface area contributed by atoms with Gasteiger partial charge in [-0.1, -0.05) is 34.6 Å². The summed E-state index contributed by atoms with van der Waals surface area (Å²) in [6, 6.07) is -1.41. The van der Waals surface area contributed by atoms with Gasteiger partial charge in [0.15, 0.2) is 0 Å². The second-order valence-corrected chi connectivity index (χ2v) is 10.4. The maximum atomic E-state index is 13.3. The van der Waals surface area contributed by atoms with Gasteiger partial charge < -0.3 is 19.7 Å². The lowest BCUT2D eigenvalue weighted by molar-refractivity contribution is -0.154. The Bertz CT molecular complexity index is 629. The molecule has 0 aromatic carbocycles. The van der Waals surface area contributed by atoms with Crippen molar-refractivity contribution in [3.63, 3.8) is 0 Å². The Balaban J connectivity index is 2.23. The Morgan fingerprint density at radius 1 is 1.11 bits per heavy atom. The van der Waals surface area contributed by atoms with Gasteiger partial charge in [0.1, 0.15) is 17.7 Å². The molecule has 4 unspecified atom stereocenters. The molecule has 154 valence electrons. The maximum absolute atomic E-state index is 13.3. The number of piperidine rings is 1. The van der Waals surface area contributed by atoms with E-state index in [0.717, 1.165) is 0 Å². The quantitative estimate of drug-likeness (QED) is 0.759. The number of carbonyl (C=O) groups is 3. The molecule has 0 spiro atoms. The van der Waals surface area contributed by atoms with Crippen LogP contribution in [0.2, 0.25) is 0 Å².